The summed E-state index contributed by atoms with van der Waals surface area (Å²) in [7, 11) is 1.52. The summed E-state index contributed by atoms with van der Waals surface area (Å²) in [6, 6.07) is 9.95. The van der Waals surface area contributed by atoms with Crippen LogP contribution >= 0.6 is 0 Å². The smallest absolute Gasteiger partial charge is 0.257 e. The average molecular weight is 343 g/mol. The Balaban J connectivity index is 1.68. The van der Waals surface area contributed by atoms with Crippen LogP contribution in [0.1, 0.15) is 27.9 Å². The second-order valence-electron chi connectivity index (χ2n) is 6.58. The van der Waals surface area contributed by atoms with Gasteiger partial charge in [0.2, 0.25) is 0 Å². The SMILES string of the molecule is COc1ccc(O)c(C(=O)N2CCC(Cc3ccc(C)c(F)c3)C2)c1. The molecular weight excluding hydrogens is 321 g/mol. The Morgan fingerprint density at radius 3 is 2.84 bits per heavy atom. The third-order valence-corrected chi connectivity index (χ3v) is 4.77. The third kappa shape index (κ3) is 3.76. The number of hydrogen-bond donors (Lipinski definition) is 1. The zero-order valence-electron chi connectivity index (χ0n) is 14.5. The standard InChI is InChI=1S/C20H22FNO3/c1-13-3-4-14(10-18(13)21)9-15-7-8-22(12-15)20(24)17-11-16(25-2)5-6-19(17)23/h3-6,10-11,15,23H,7-9,12H2,1-2H3. The Kier molecular flexibility index (Phi) is 4.93. The van der Waals surface area contributed by atoms with Gasteiger partial charge in [0, 0.05) is 13.1 Å². The van der Waals surface area contributed by atoms with Gasteiger partial charge in [-0.05, 0) is 61.1 Å². The molecule has 132 valence electrons. The molecule has 0 spiro atoms. The summed E-state index contributed by atoms with van der Waals surface area (Å²) in [6.07, 6.45) is 1.61. The minimum Gasteiger partial charge on any atom is -0.507 e. The highest BCUT2D eigenvalue weighted by atomic mass is 19.1. The van der Waals surface area contributed by atoms with E-state index in [0.717, 1.165) is 18.4 Å². The lowest BCUT2D eigenvalue weighted by molar-refractivity contribution is 0.0783. The molecule has 1 unspecified atom stereocenters. The predicted octanol–water partition coefficient (Wildman–Crippen LogP) is 3.55. The van der Waals surface area contributed by atoms with Gasteiger partial charge in [0.1, 0.15) is 17.3 Å². The van der Waals surface area contributed by atoms with Crippen LogP contribution in [0.5, 0.6) is 11.5 Å². The second-order valence-corrected chi connectivity index (χ2v) is 6.58. The lowest BCUT2D eigenvalue weighted by Gasteiger charge is -2.18. The first-order valence-electron chi connectivity index (χ1n) is 8.39. The number of ether oxygens (including phenoxy) is 1. The number of likely N-dealkylation sites (tertiary alicyclic amines) is 1. The second kappa shape index (κ2) is 7.13. The zero-order chi connectivity index (χ0) is 18.0. The Morgan fingerprint density at radius 2 is 2.12 bits per heavy atom. The van der Waals surface area contributed by atoms with Crippen molar-refractivity contribution in [3.63, 3.8) is 0 Å². The molecule has 3 rings (SSSR count). The molecule has 2 aromatic carbocycles. The van der Waals surface area contributed by atoms with Crippen LogP contribution in [0.4, 0.5) is 4.39 Å². The summed E-state index contributed by atoms with van der Waals surface area (Å²) in [5.74, 6) is 0.388. The quantitative estimate of drug-likeness (QED) is 0.923. The summed E-state index contributed by atoms with van der Waals surface area (Å²) < 4.78 is 18.8. The molecular formula is C20H22FNO3. The number of rotatable bonds is 4. The van der Waals surface area contributed by atoms with Crippen molar-refractivity contribution in [3.8, 4) is 11.5 Å². The van der Waals surface area contributed by atoms with E-state index in [1.165, 1.54) is 13.2 Å². The number of methoxy groups -OCH3 is 1. The molecule has 1 fully saturated rings. The minimum atomic E-state index is -0.200. The van der Waals surface area contributed by atoms with Crippen molar-refractivity contribution in [2.24, 2.45) is 5.92 Å². The van der Waals surface area contributed by atoms with E-state index in [9.17, 15) is 14.3 Å². The van der Waals surface area contributed by atoms with Gasteiger partial charge >= 0.3 is 0 Å². The summed E-state index contributed by atoms with van der Waals surface area (Å²) in [5.41, 5.74) is 1.84. The normalized spacial score (nSPS) is 16.9. The Labute approximate surface area is 146 Å². The maximum Gasteiger partial charge on any atom is 0.257 e. The van der Waals surface area contributed by atoms with Gasteiger partial charge in [-0.1, -0.05) is 12.1 Å². The van der Waals surface area contributed by atoms with E-state index in [0.29, 0.717) is 30.3 Å². The minimum absolute atomic E-state index is 0.0464. The molecule has 0 saturated carbocycles. The molecule has 25 heavy (non-hydrogen) atoms. The largest absolute Gasteiger partial charge is 0.507 e. The van der Waals surface area contributed by atoms with Gasteiger partial charge in [-0.2, -0.15) is 0 Å². The van der Waals surface area contributed by atoms with E-state index in [4.69, 9.17) is 4.74 Å². The monoisotopic (exact) mass is 343 g/mol. The molecule has 2 aromatic rings. The summed E-state index contributed by atoms with van der Waals surface area (Å²) in [5, 5.41) is 9.97. The van der Waals surface area contributed by atoms with Crippen molar-refractivity contribution in [2.45, 2.75) is 19.8 Å². The van der Waals surface area contributed by atoms with E-state index in [-0.39, 0.29) is 23.0 Å². The van der Waals surface area contributed by atoms with Crippen LogP contribution in [0.2, 0.25) is 0 Å². The summed E-state index contributed by atoms with van der Waals surface area (Å²) in [4.78, 5) is 14.4. The van der Waals surface area contributed by atoms with Crippen molar-refractivity contribution in [3.05, 3.63) is 58.9 Å². The van der Waals surface area contributed by atoms with Gasteiger partial charge in [-0.15, -0.1) is 0 Å². The number of nitrogens with zero attached hydrogens (tertiary/aromatic N) is 1. The van der Waals surface area contributed by atoms with Crippen LogP contribution in [0.25, 0.3) is 0 Å². The van der Waals surface area contributed by atoms with E-state index in [2.05, 4.69) is 0 Å². The van der Waals surface area contributed by atoms with Crippen molar-refractivity contribution < 1.29 is 19.0 Å². The molecule has 1 saturated heterocycles. The lowest BCUT2D eigenvalue weighted by atomic mass is 9.98. The molecule has 1 N–H and O–H groups in total. The fourth-order valence-electron chi connectivity index (χ4n) is 3.26. The highest BCUT2D eigenvalue weighted by molar-refractivity contribution is 5.97. The van der Waals surface area contributed by atoms with Crippen LogP contribution in [0.3, 0.4) is 0 Å². The van der Waals surface area contributed by atoms with Crippen LogP contribution in [0, 0.1) is 18.7 Å². The number of phenolic OH excluding ortho intramolecular Hbond substituents is 1. The predicted molar refractivity (Wildman–Crippen MR) is 93.5 cm³/mol. The van der Waals surface area contributed by atoms with Crippen LogP contribution in [0.15, 0.2) is 36.4 Å². The molecule has 0 aromatic heterocycles. The first-order chi connectivity index (χ1) is 12.0. The van der Waals surface area contributed by atoms with Crippen LogP contribution in [-0.4, -0.2) is 36.1 Å². The fourth-order valence-corrected chi connectivity index (χ4v) is 3.26. The molecule has 0 bridgehead atoms. The van der Waals surface area contributed by atoms with Gasteiger partial charge in [-0.25, -0.2) is 4.39 Å². The van der Waals surface area contributed by atoms with Gasteiger partial charge in [0.05, 0.1) is 12.7 Å². The number of carbonyl (C=O) groups excluding carboxylic acids is 1. The first-order valence-corrected chi connectivity index (χ1v) is 8.39. The Morgan fingerprint density at radius 1 is 1.32 bits per heavy atom. The fraction of sp³-hybridized carbons (Fsp3) is 0.350. The number of halogens is 1. The molecule has 1 aliphatic rings. The number of amides is 1. The van der Waals surface area contributed by atoms with Crippen molar-refractivity contribution >= 4 is 5.91 Å². The van der Waals surface area contributed by atoms with Crippen LogP contribution in [-0.2, 0) is 6.42 Å². The summed E-state index contributed by atoms with van der Waals surface area (Å²) in [6.45, 7) is 2.98. The Hall–Kier alpha value is -2.56. The molecule has 5 heteroatoms. The van der Waals surface area contributed by atoms with Crippen molar-refractivity contribution in [1.29, 1.82) is 0 Å². The number of phenols is 1. The lowest BCUT2D eigenvalue weighted by Crippen LogP contribution is -2.29. The van der Waals surface area contributed by atoms with E-state index < -0.39 is 0 Å². The molecule has 0 aliphatic carbocycles. The highest BCUT2D eigenvalue weighted by Crippen LogP contribution is 2.28. The van der Waals surface area contributed by atoms with E-state index >= 15 is 0 Å². The zero-order valence-corrected chi connectivity index (χ0v) is 14.5. The number of aryl methyl sites for hydroxylation is 1. The Bertz CT molecular complexity index is 791. The number of aromatic hydroxyl groups is 1. The first kappa shape index (κ1) is 17.3. The molecule has 0 radical (unpaired) electrons. The van der Waals surface area contributed by atoms with Gasteiger partial charge in [0.25, 0.3) is 5.91 Å². The molecule has 1 aliphatic heterocycles. The molecule has 1 amide bonds. The molecule has 1 heterocycles. The average Bonchev–Trinajstić information content (AvgIpc) is 3.06. The summed E-state index contributed by atoms with van der Waals surface area (Å²) >= 11 is 0. The van der Waals surface area contributed by atoms with E-state index in [1.807, 2.05) is 6.07 Å². The van der Waals surface area contributed by atoms with Gasteiger partial charge in [0.15, 0.2) is 0 Å². The van der Waals surface area contributed by atoms with Crippen LogP contribution < -0.4 is 4.74 Å². The maximum atomic E-state index is 13.7. The number of carbonyl (C=O) groups is 1. The highest BCUT2D eigenvalue weighted by Gasteiger charge is 2.28. The van der Waals surface area contributed by atoms with E-state index in [1.54, 1.807) is 36.1 Å². The van der Waals surface area contributed by atoms with Gasteiger partial charge in [-0.3, -0.25) is 4.79 Å². The third-order valence-electron chi connectivity index (χ3n) is 4.77. The number of benzene rings is 2. The van der Waals surface area contributed by atoms with Gasteiger partial charge < -0.3 is 14.7 Å². The van der Waals surface area contributed by atoms with Crippen molar-refractivity contribution in [1.82, 2.24) is 4.90 Å². The molecule has 4 nitrogen and oxygen atoms in total. The molecule has 1 atom stereocenters. The van der Waals surface area contributed by atoms with Crippen molar-refractivity contribution in [2.75, 3.05) is 20.2 Å². The number of hydrogen-bond acceptors (Lipinski definition) is 3. The topological polar surface area (TPSA) is 49.8 Å². The maximum absolute atomic E-state index is 13.7.